The molecule has 0 bridgehead atoms. The summed E-state index contributed by atoms with van der Waals surface area (Å²) in [7, 11) is 0. The van der Waals surface area contributed by atoms with Gasteiger partial charge in [-0.15, -0.1) is 0 Å². The van der Waals surface area contributed by atoms with E-state index < -0.39 is 0 Å². The summed E-state index contributed by atoms with van der Waals surface area (Å²) in [6, 6.07) is 1.77. The van der Waals surface area contributed by atoms with Crippen LogP contribution in [0.3, 0.4) is 0 Å². The highest BCUT2D eigenvalue weighted by atomic mass is 35.5. The van der Waals surface area contributed by atoms with E-state index in [0.29, 0.717) is 22.8 Å². The van der Waals surface area contributed by atoms with Gasteiger partial charge < -0.3 is 9.47 Å². The fourth-order valence-corrected chi connectivity index (χ4v) is 1.37. The van der Waals surface area contributed by atoms with E-state index in [-0.39, 0.29) is 6.10 Å². The van der Waals surface area contributed by atoms with E-state index in [1.54, 1.807) is 12.3 Å². The molecule has 1 saturated carbocycles. The molecule has 82 valence electrons. The third-order valence-corrected chi connectivity index (χ3v) is 2.34. The van der Waals surface area contributed by atoms with E-state index >= 15 is 0 Å². The van der Waals surface area contributed by atoms with Crippen molar-refractivity contribution in [3.05, 3.63) is 17.3 Å². The summed E-state index contributed by atoms with van der Waals surface area (Å²) in [5, 5.41) is 0.470. The summed E-state index contributed by atoms with van der Waals surface area (Å²) in [6.07, 6.45) is 4.27. The van der Waals surface area contributed by atoms with Gasteiger partial charge in [0.05, 0.1) is 12.2 Å². The highest BCUT2D eigenvalue weighted by Crippen LogP contribution is 2.36. The van der Waals surface area contributed by atoms with Gasteiger partial charge in [-0.05, 0) is 26.7 Å². The average Bonchev–Trinajstić information content (AvgIpc) is 2.95. The van der Waals surface area contributed by atoms with Gasteiger partial charge in [-0.25, -0.2) is 4.98 Å². The Morgan fingerprint density at radius 2 is 2.20 bits per heavy atom. The summed E-state index contributed by atoms with van der Waals surface area (Å²) in [4.78, 5) is 4.07. The molecule has 15 heavy (non-hydrogen) atoms. The molecule has 0 aliphatic heterocycles. The molecule has 0 amide bonds. The smallest absolute Gasteiger partial charge is 0.236 e. The fourth-order valence-electron chi connectivity index (χ4n) is 1.17. The molecule has 1 aromatic rings. The van der Waals surface area contributed by atoms with Crippen LogP contribution in [-0.2, 0) is 0 Å². The van der Waals surface area contributed by atoms with Crippen LogP contribution in [0.2, 0.25) is 5.02 Å². The first-order valence-corrected chi connectivity index (χ1v) is 5.52. The van der Waals surface area contributed by atoms with Crippen LogP contribution in [0.1, 0.15) is 26.7 Å². The molecule has 0 radical (unpaired) electrons. The van der Waals surface area contributed by atoms with Crippen molar-refractivity contribution in [3.8, 4) is 11.6 Å². The van der Waals surface area contributed by atoms with E-state index in [2.05, 4.69) is 4.98 Å². The Morgan fingerprint density at radius 1 is 1.47 bits per heavy atom. The zero-order valence-corrected chi connectivity index (χ0v) is 9.62. The highest BCUT2D eigenvalue weighted by molar-refractivity contribution is 6.33. The number of hydrogen-bond acceptors (Lipinski definition) is 3. The molecule has 0 unspecified atom stereocenters. The van der Waals surface area contributed by atoms with Gasteiger partial charge in [0.25, 0.3) is 0 Å². The lowest BCUT2D eigenvalue weighted by molar-refractivity contribution is 0.230. The van der Waals surface area contributed by atoms with Crippen molar-refractivity contribution < 1.29 is 9.47 Å². The third-order valence-electron chi connectivity index (χ3n) is 1.99. The van der Waals surface area contributed by atoms with Crippen LogP contribution in [0.15, 0.2) is 12.3 Å². The van der Waals surface area contributed by atoms with Crippen LogP contribution in [0.5, 0.6) is 11.6 Å². The molecule has 1 fully saturated rings. The van der Waals surface area contributed by atoms with Crippen LogP contribution in [0.4, 0.5) is 0 Å². The van der Waals surface area contributed by atoms with Crippen molar-refractivity contribution in [2.75, 3.05) is 0 Å². The summed E-state index contributed by atoms with van der Waals surface area (Å²) in [5.41, 5.74) is 0. The van der Waals surface area contributed by atoms with E-state index in [1.165, 1.54) is 0 Å². The fraction of sp³-hybridized carbons (Fsp3) is 0.545. The topological polar surface area (TPSA) is 31.4 Å². The van der Waals surface area contributed by atoms with Crippen LogP contribution in [0.25, 0.3) is 0 Å². The lowest BCUT2D eigenvalue weighted by Crippen LogP contribution is -2.08. The number of rotatable bonds is 4. The van der Waals surface area contributed by atoms with E-state index in [0.717, 1.165) is 12.8 Å². The van der Waals surface area contributed by atoms with Gasteiger partial charge in [0.15, 0.2) is 0 Å². The molecule has 0 saturated heterocycles. The minimum Gasteiger partial charge on any atom is -0.489 e. The Bertz CT molecular complexity index is 328. The standard InChI is InChI=1S/C11H14ClNO2/c1-7(2)14-11-10(12)9(5-6-13-11)15-8-3-4-8/h5-8H,3-4H2,1-2H3. The zero-order valence-electron chi connectivity index (χ0n) is 8.87. The lowest BCUT2D eigenvalue weighted by atomic mass is 10.4. The molecule has 1 aromatic heterocycles. The highest BCUT2D eigenvalue weighted by Gasteiger charge is 2.25. The maximum Gasteiger partial charge on any atom is 0.236 e. The predicted molar refractivity (Wildman–Crippen MR) is 58.7 cm³/mol. The first kappa shape index (κ1) is 10.6. The van der Waals surface area contributed by atoms with E-state index in [4.69, 9.17) is 21.1 Å². The molecule has 1 aliphatic rings. The Labute approximate surface area is 94.4 Å². The number of hydrogen-bond donors (Lipinski definition) is 0. The van der Waals surface area contributed by atoms with E-state index in [9.17, 15) is 0 Å². The quantitative estimate of drug-likeness (QED) is 0.792. The van der Waals surface area contributed by atoms with Crippen molar-refractivity contribution >= 4 is 11.6 Å². The van der Waals surface area contributed by atoms with Crippen LogP contribution >= 0.6 is 11.6 Å². The molecule has 2 rings (SSSR count). The molecule has 0 aromatic carbocycles. The van der Waals surface area contributed by atoms with Crippen LogP contribution in [0, 0.1) is 0 Å². The van der Waals surface area contributed by atoms with Gasteiger partial charge in [-0.3, -0.25) is 0 Å². The summed E-state index contributed by atoms with van der Waals surface area (Å²) in [5.74, 6) is 1.12. The Morgan fingerprint density at radius 3 is 2.80 bits per heavy atom. The zero-order chi connectivity index (χ0) is 10.8. The minimum atomic E-state index is 0.0613. The third kappa shape index (κ3) is 2.75. The number of nitrogens with zero attached hydrogens (tertiary/aromatic N) is 1. The van der Waals surface area contributed by atoms with Gasteiger partial charge in [-0.1, -0.05) is 11.6 Å². The Hall–Kier alpha value is -0.960. The number of aromatic nitrogens is 1. The van der Waals surface area contributed by atoms with Crippen LogP contribution < -0.4 is 9.47 Å². The second-order valence-corrected chi connectivity index (χ2v) is 4.29. The van der Waals surface area contributed by atoms with Gasteiger partial charge in [0.2, 0.25) is 5.88 Å². The maximum atomic E-state index is 6.11. The molecular formula is C11H14ClNO2. The summed E-state index contributed by atoms with van der Waals surface area (Å²) < 4.78 is 11.1. The summed E-state index contributed by atoms with van der Waals surface area (Å²) >= 11 is 6.11. The van der Waals surface area contributed by atoms with Crippen molar-refractivity contribution in [1.82, 2.24) is 4.98 Å². The van der Waals surface area contributed by atoms with E-state index in [1.807, 2.05) is 13.8 Å². The first-order chi connectivity index (χ1) is 7.16. The molecule has 1 heterocycles. The SMILES string of the molecule is CC(C)Oc1nccc(OC2CC2)c1Cl. The first-order valence-electron chi connectivity index (χ1n) is 5.14. The van der Waals surface area contributed by atoms with Gasteiger partial charge in [0.1, 0.15) is 10.8 Å². The summed E-state index contributed by atoms with van der Waals surface area (Å²) in [6.45, 7) is 3.87. The number of halogens is 1. The largest absolute Gasteiger partial charge is 0.489 e. The van der Waals surface area contributed by atoms with Crippen molar-refractivity contribution in [3.63, 3.8) is 0 Å². The van der Waals surface area contributed by atoms with Crippen molar-refractivity contribution in [2.24, 2.45) is 0 Å². The molecule has 0 spiro atoms. The monoisotopic (exact) mass is 227 g/mol. The molecule has 0 N–H and O–H groups in total. The predicted octanol–water partition coefficient (Wildman–Crippen LogP) is 3.06. The second kappa shape index (κ2) is 4.27. The Balaban J connectivity index is 2.15. The minimum absolute atomic E-state index is 0.0613. The lowest BCUT2D eigenvalue weighted by Gasteiger charge is -2.12. The van der Waals surface area contributed by atoms with Crippen LogP contribution in [-0.4, -0.2) is 17.2 Å². The second-order valence-electron chi connectivity index (χ2n) is 3.91. The molecular weight excluding hydrogens is 214 g/mol. The maximum absolute atomic E-state index is 6.11. The van der Waals surface area contributed by atoms with Gasteiger partial charge in [0, 0.05) is 12.3 Å². The van der Waals surface area contributed by atoms with Crippen molar-refractivity contribution in [2.45, 2.75) is 38.9 Å². The normalized spacial score (nSPS) is 15.5. The van der Waals surface area contributed by atoms with Gasteiger partial charge >= 0.3 is 0 Å². The number of pyridine rings is 1. The number of ether oxygens (including phenoxy) is 2. The molecule has 0 atom stereocenters. The molecule has 3 nitrogen and oxygen atoms in total. The average molecular weight is 228 g/mol. The molecule has 4 heteroatoms. The Kier molecular flexibility index (Phi) is 3.00. The van der Waals surface area contributed by atoms with Crippen molar-refractivity contribution in [1.29, 1.82) is 0 Å². The van der Waals surface area contributed by atoms with Gasteiger partial charge in [-0.2, -0.15) is 0 Å². The molecule has 1 aliphatic carbocycles.